The van der Waals surface area contributed by atoms with Gasteiger partial charge in [0.15, 0.2) is 0 Å². The Morgan fingerprint density at radius 2 is 1.28 bits per heavy atom. The van der Waals surface area contributed by atoms with Gasteiger partial charge in [0.05, 0.1) is 53.0 Å². The van der Waals surface area contributed by atoms with Crippen LogP contribution in [0.2, 0.25) is 0 Å². The first kappa shape index (κ1) is 28.5. The number of ether oxygens (including phenoxy) is 1. The molecule has 4 atom stereocenters. The maximum Gasteiger partial charge on any atom is 0.334 e. The van der Waals surface area contributed by atoms with E-state index in [2.05, 4.69) is 0 Å². The Bertz CT molecular complexity index is 1540. The van der Waals surface area contributed by atoms with E-state index in [0.717, 1.165) is 21.9 Å². The van der Waals surface area contributed by atoms with E-state index in [0.29, 0.717) is 5.57 Å². The molecule has 2 aromatic rings. The summed E-state index contributed by atoms with van der Waals surface area (Å²) in [4.78, 5) is 71.8. The Balaban J connectivity index is 1.52. The number of esters is 1. The highest BCUT2D eigenvalue weighted by Crippen LogP contribution is 2.68. The number of nitrogens with zero attached hydrogens (tertiary/aromatic N) is 4. The molecule has 7 rings (SSSR count). The van der Waals surface area contributed by atoms with Gasteiger partial charge in [0, 0.05) is 16.9 Å². The van der Waals surface area contributed by atoms with Crippen molar-refractivity contribution in [1.29, 1.82) is 0 Å². The molecule has 2 bridgehead atoms. The summed E-state index contributed by atoms with van der Waals surface area (Å²) < 4.78 is 5.35. The average Bonchev–Trinajstić information content (AvgIpc) is 3.39. The van der Waals surface area contributed by atoms with Crippen molar-refractivity contribution < 1.29 is 39.1 Å². The Morgan fingerprint density at radius 1 is 0.837 bits per heavy atom. The molecule has 3 fully saturated rings. The Morgan fingerprint density at radius 3 is 1.67 bits per heavy atom. The lowest BCUT2D eigenvalue weighted by molar-refractivity contribution is -0.155. The number of benzene rings is 2. The fourth-order valence-electron chi connectivity index (χ4n) is 7.82. The Labute approximate surface area is 244 Å². The molecule has 43 heavy (non-hydrogen) atoms. The molecule has 2 aliphatic heterocycles. The van der Waals surface area contributed by atoms with Crippen LogP contribution >= 0.6 is 0 Å². The number of anilines is 4. The lowest BCUT2D eigenvalue weighted by Gasteiger charge is -2.55. The van der Waals surface area contributed by atoms with E-state index in [-0.39, 0.29) is 34.9 Å². The summed E-state index contributed by atoms with van der Waals surface area (Å²) in [6, 6.07) is 10.4. The van der Waals surface area contributed by atoms with Crippen molar-refractivity contribution in [3.8, 4) is 0 Å². The molecule has 4 unspecified atom stereocenters. The number of hydrogen-bond acceptors (Lipinski definition) is 12. The molecule has 2 aromatic carbocycles. The van der Waals surface area contributed by atoms with Gasteiger partial charge in [-0.1, -0.05) is 24.6 Å². The van der Waals surface area contributed by atoms with E-state index >= 15 is 0 Å². The molecule has 2 heterocycles. The van der Waals surface area contributed by atoms with Crippen LogP contribution in [0.1, 0.15) is 20.8 Å². The van der Waals surface area contributed by atoms with Gasteiger partial charge in [0.2, 0.25) is 23.6 Å². The summed E-state index contributed by atoms with van der Waals surface area (Å²) in [7, 11) is 0. The van der Waals surface area contributed by atoms with Crippen molar-refractivity contribution in [2.24, 2.45) is 35.0 Å². The lowest BCUT2D eigenvalue weighted by atomic mass is 9.43. The number of amides is 4. The SMILES string of the molecule is CCOC(=O)C1=C(C)C2C3C(=O)N(c4cccc(N([O-])O)c4)C(=O)C3C1(C)C1C(=O)N(c3cccc(N([O-])O)c3)C(=O)C21. The zero-order chi connectivity index (χ0) is 31.1. The topological polar surface area (TPSA) is 194 Å². The van der Waals surface area contributed by atoms with Crippen LogP contribution in [-0.4, -0.2) is 46.6 Å². The zero-order valence-electron chi connectivity index (χ0n) is 23.2. The molecule has 14 nitrogen and oxygen atoms in total. The molecule has 2 saturated heterocycles. The second kappa shape index (κ2) is 9.70. The standard InChI is InChI=1S/C29H26N4O10/c1-4-43-28(38)21-13(2)18-19-22(26(36)30(24(19)34)14-7-5-9-16(11-14)32(39)40)29(21,3)23-20(18)25(35)31(27(23)37)15-8-6-10-17(12-15)33(41)42/h5-12,18-20,22-23,39,41H,4H2,1-3H3/q-2. The Kier molecular flexibility index (Phi) is 6.43. The summed E-state index contributed by atoms with van der Waals surface area (Å²) in [6.45, 7) is 4.70. The van der Waals surface area contributed by atoms with E-state index in [1.165, 1.54) is 43.3 Å². The van der Waals surface area contributed by atoms with Crippen molar-refractivity contribution in [2.75, 3.05) is 26.9 Å². The monoisotopic (exact) mass is 590 g/mol. The molecule has 0 aromatic heterocycles. The zero-order valence-corrected chi connectivity index (χ0v) is 23.2. The number of imide groups is 2. The number of carbonyl (C=O) groups excluding carboxylic acids is 5. The molecule has 224 valence electrons. The van der Waals surface area contributed by atoms with Crippen molar-refractivity contribution in [1.82, 2.24) is 0 Å². The van der Waals surface area contributed by atoms with Crippen molar-refractivity contribution in [3.63, 3.8) is 0 Å². The number of carbonyl (C=O) groups is 5. The minimum absolute atomic E-state index is 0.00237. The van der Waals surface area contributed by atoms with E-state index in [1.54, 1.807) is 13.8 Å². The van der Waals surface area contributed by atoms with Crippen LogP contribution in [0.15, 0.2) is 59.7 Å². The maximum atomic E-state index is 14.2. The number of rotatable bonds is 6. The van der Waals surface area contributed by atoms with Gasteiger partial charge >= 0.3 is 5.97 Å². The van der Waals surface area contributed by atoms with Crippen LogP contribution < -0.4 is 20.3 Å². The molecule has 14 heteroatoms. The minimum Gasteiger partial charge on any atom is -0.733 e. The number of hydrogen-bond donors (Lipinski definition) is 2. The molecular weight excluding hydrogens is 564 g/mol. The molecule has 1 saturated carbocycles. The summed E-state index contributed by atoms with van der Waals surface area (Å²) in [5.74, 6) is -9.36. The van der Waals surface area contributed by atoms with Gasteiger partial charge in [0.1, 0.15) is 0 Å². The van der Waals surface area contributed by atoms with E-state index in [1.807, 2.05) is 0 Å². The second-order valence-electron chi connectivity index (χ2n) is 11.2. The summed E-state index contributed by atoms with van der Waals surface area (Å²) in [6.07, 6.45) is 0. The third-order valence-corrected chi connectivity index (χ3v) is 9.30. The van der Waals surface area contributed by atoms with Gasteiger partial charge in [-0.25, -0.2) is 14.6 Å². The van der Waals surface area contributed by atoms with Gasteiger partial charge in [-0.2, -0.15) is 0 Å². The molecule has 2 N–H and O–H groups in total. The summed E-state index contributed by atoms with van der Waals surface area (Å²) >= 11 is 0. The summed E-state index contributed by atoms with van der Waals surface area (Å²) in [5.41, 5.74) is -1.71. The first-order chi connectivity index (χ1) is 20.4. The van der Waals surface area contributed by atoms with Crippen LogP contribution in [-0.2, 0) is 28.7 Å². The van der Waals surface area contributed by atoms with Gasteiger partial charge in [0.25, 0.3) is 0 Å². The highest BCUT2D eigenvalue weighted by molar-refractivity contribution is 6.27. The van der Waals surface area contributed by atoms with Crippen molar-refractivity contribution >= 4 is 52.3 Å². The molecule has 3 aliphatic carbocycles. The van der Waals surface area contributed by atoms with Crippen LogP contribution in [0.4, 0.5) is 22.7 Å². The molecule has 5 aliphatic rings. The third kappa shape index (κ3) is 3.70. The smallest absolute Gasteiger partial charge is 0.334 e. The van der Waals surface area contributed by atoms with Gasteiger partial charge < -0.3 is 25.6 Å². The van der Waals surface area contributed by atoms with Gasteiger partial charge in [-0.3, -0.25) is 29.6 Å². The normalized spacial score (nSPS) is 29.3. The highest BCUT2D eigenvalue weighted by atomic mass is 16.8. The van der Waals surface area contributed by atoms with Crippen LogP contribution in [0.3, 0.4) is 0 Å². The molecule has 0 radical (unpaired) electrons. The summed E-state index contributed by atoms with van der Waals surface area (Å²) in [5, 5.41) is 41.0. The first-order valence-electron chi connectivity index (χ1n) is 13.5. The van der Waals surface area contributed by atoms with E-state index in [9.17, 15) is 44.8 Å². The van der Waals surface area contributed by atoms with Crippen molar-refractivity contribution in [3.05, 3.63) is 70.1 Å². The molecule has 4 amide bonds. The quantitative estimate of drug-likeness (QED) is 0.284. The van der Waals surface area contributed by atoms with E-state index in [4.69, 9.17) is 4.74 Å². The molecule has 0 spiro atoms. The average molecular weight is 591 g/mol. The van der Waals surface area contributed by atoms with Gasteiger partial charge in [-0.05, 0) is 50.2 Å². The maximum absolute atomic E-state index is 14.2. The van der Waals surface area contributed by atoms with Crippen LogP contribution in [0.5, 0.6) is 0 Å². The first-order valence-corrected chi connectivity index (χ1v) is 13.5. The van der Waals surface area contributed by atoms with E-state index < -0.39 is 75.1 Å². The van der Waals surface area contributed by atoms with Crippen LogP contribution in [0.25, 0.3) is 0 Å². The molecular formula is C29H26N4O10-2. The predicted molar refractivity (Wildman–Crippen MR) is 148 cm³/mol. The van der Waals surface area contributed by atoms with Gasteiger partial charge in [-0.15, -0.1) is 0 Å². The van der Waals surface area contributed by atoms with Crippen molar-refractivity contribution in [2.45, 2.75) is 20.8 Å². The Hall–Kier alpha value is -4.63. The largest absolute Gasteiger partial charge is 0.733 e. The lowest BCUT2D eigenvalue weighted by Crippen LogP contribution is -2.61. The second-order valence-corrected chi connectivity index (χ2v) is 11.2. The van der Waals surface area contributed by atoms with Crippen LogP contribution in [0, 0.1) is 45.4 Å². The highest BCUT2D eigenvalue weighted by Gasteiger charge is 2.77. The fraction of sp³-hybridized carbons (Fsp3) is 0.345. The number of allylic oxidation sites excluding steroid dienone is 1. The third-order valence-electron chi connectivity index (χ3n) is 9.30. The minimum atomic E-state index is -1.66. The fourth-order valence-corrected chi connectivity index (χ4v) is 7.82. The predicted octanol–water partition coefficient (Wildman–Crippen LogP) is 2.51.